The fraction of sp³-hybridized carbons (Fsp3) is 0.154. The number of nitrogens with zero attached hydrogens (tertiary/aromatic N) is 1. The van der Waals surface area contributed by atoms with Crippen molar-refractivity contribution in [1.29, 1.82) is 0 Å². The number of carbonyl (C=O) groups is 1. The zero-order valence-corrected chi connectivity index (χ0v) is 19.7. The molecule has 3 aromatic carbocycles. The number of rotatable bonds is 6. The first-order chi connectivity index (χ1) is 15.4. The molecule has 0 unspecified atom stereocenters. The molecule has 0 atom stereocenters. The molecule has 0 saturated carbocycles. The predicted molar refractivity (Wildman–Crippen MR) is 133 cm³/mol. The second-order valence-electron chi connectivity index (χ2n) is 7.64. The number of halogens is 1. The van der Waals surface area contributed by atoms with E-state index < -0.39 is 0 Å². The first-order valence-corrected chi connectivity index (χ1v) is 11.5. The second-order valence-corrected chi connectivity index (χ2v) is 8.87. The molecule has 6 heteroatoms. The Balaban J connectivity index is 1.38. The van der Waals surface area contributed by atoms with Crippen molar-refractivity contribution >= 4 is 34.5 Å². The quantitative estimate of drug-likeness (QED) is 0.333. The number of ether oxygens (including phenoxy) is 1. The molecule has 0 aliphatic carbocycles. The third-order valence-corrected chi connectivity index (χ3v) is 6.60. The fourth-order valence-corrected chi connectivity index (χ4v) is 4.43. The molecule has 4 nitrogen and oxygen atoms in total. The zero-order chi connectivity index (χ0) is 22.7. The SMILES string of the molecule is Cc1ccccc1-c1nc(-c2ccc(NC(=O)COc3cc(C)c(Cl)c(C)c3)cc2)cs1. The maximum Gasteiger partial charge on any atom is 0.262 e. The van der Waals surface area contributed by atoms with Crippen LogP contribution in [0, 0.1) is 20.8 Å². The van der Waals surface area contributed by atoms with Crippen LogP contribution in [-0.2, 0) is 4.79 Å². The molecule has 0 fully saturated rings. The third kappa shape index (κ3) is 5.01. The van der Waals surface area contributed by atoms with Crippen LogP contribution in [0.2, 0.25) is 5.02 Å². The van der Waals surface area contributed by atoms with Gasteiger partial charge >= 0.3 is 0 Å². The van der Waals surface area contributed by atoms with Crippen molar-refractivity contribution in [2.24, 2.45) is 0 Å². The van der Waals surface area contributed by atoms with Crippen LogP contribution in [0.1, 0.15) is 16.7 Å². The van der Waals surface area contributed by atoms with Crippen LogP contribution in [0.4, 0.5) is 5.69 Å². The molecule has 0 radical (unpaired) electrons. The first-order valence-electron chi connectivity index (χ1n) is 10.2. The van der Waals surface area contributed by atoms with Crippen molar-refractivity contribution in [3.63, 3.8) is 0 Å². The van der Waals surface area contributed by atoms with Crippen molar-refractivity contribution in [3.8, 4) is 27.6 Å². The number of nitrogens with one attached hydrogen (secondary N) is 1. The molecule has 32 heavy (non-hydrogen) atoms. The summed E-state index contributed by atoms with van der Waals surface area (Å²) in [4.78, 5) is 17.1. The molecule has 0 aliphatic rings. The Bertz CT molecular complexity index is 1240. The van der Waals surface area contributed by atoms with E-state index in [4.69, 9.17) is 21.3 Å². The van der Waals surface area contributed by atoms with Gasteiger partial charge in [0.15, 0.2) is 6.61 Å². The van der Waals surface area contributed by atoms with Gasteiger partial charge in [0, 0.05) is 27.2 Å². The summed E-state index contributed by atoms with van der Waals surface area (Å²) in [5.74, 6) is 0.404. The Morgan fingerprint density at radius 1 is 1.00 bits per heavy atom. The molecule has 4 aromatic rings. The molecule has 1 aromatic heterocycles. The number of hydrogen-bond acceptors (Lipinski definition) is 4. The summed E-state index contributed by atoms with van der Waals surface area (Å²) in [5.41, 5.74) is 6.83. The topological polar surface area (TPSA) is 51.2 Å². The first kappa shape index (κ1) is 22.1. The number of aryl methyl sites for hydroxylation is 3. The number of hydrogen-bond donors (Lipinski definition) is 1. The number of aromatic nitrogens is 1. The van der Waals surface area contributed by atoms with Gasteiger partial charge in [-0.25, -0.2) is 4.98 Å². The summed E-state index contributed by atoms with van der Waals surface area (Å²) in [5, 5.41) is 6.63. The highest BCUT2D eigenvalue weighted by molar-refractivity contribution is 7.13. The van der Waals surface area contributed by atoms with Crippen LogP contribution < -0.4 is 10.1 Å². The van der Waals surface area contributed by atoms with Gasteiger partial charge in [-0.2, -0.15) is 0 Å². The van der Waals surface area contributed by atoms with Crippen LogP contribution in [0.3, 0.4) is 0 Å². The Hall–Kier alpha value is -3.15. The van der Waals surface area contributed by atoms with Gasteiger partial charge in [0.1, 0.15) is 10.8 Å². The maximum atomic E-state index is 12.3. The van der Waals surface area contributed by atoms with Crippen molar-refractivity contribution in [2.75, 3.05) is 11.9 Å². The van der Waals surface area contributed by atoms with Gasteiger partial charge < -0.3 is 10.1 Å². The second kappa shape index (κ2) is 9.55. The fourth-order valence-electron chi connectivity index (χ4n) is 3.40. The molecule has 0 saturated heterocycles. The number of carbonyl (C=O) groups excluding carboxylic acids is 1. The lowest BCUT2D eigenvalue weighted by Gasteiger charge is -2.10. The van der Waals surface area contributed by atoms with Gasteiger partial charge in [0.2, 0.25) is 0 Å². The maximum absolute atomic E-state index is 12.3. The summed E-state index contributed by atoms with van der Waals surface area (Å²) in [6, 6.07) is 19.6. The minimum absolute atomic E-state index is 0.0753. The average molecular weight is 463 g/mol. The van der Waals surface area contributed by atoms with Gasteiger partial charge in [-0.3, -0.25) is 4.79 Å². The molecular weight excluding hydrogens is 440 g/mol. The Morgan fingerprint density at radius 3 is 2.38 bits per heavy atom. The van der Waals surface area contributed by atoms with Crippen LogP contribution in [0.15, 0.2) is 66.0 Å². The molecule has 162 valence electrons. The summed E-state index contributed by atoms with van der Waals surface area (Å²) in [6.07, 6.45) is 0. The number of thiazole rings is 1. The van der Waals surface area contributed by atoms with Crippen molar-refractivity contribution < 1.29 is 9.53 Å². The van der Waals surface area contributed by atoms with E-state index in [1.54, 1.807) is 11.3 Å². The molecule has 1 heterocycles. The summed E-state index contributed by atoms with van der Waals surface area (Å²) >= 11 is 7.81. The molecule has 1 amide bonds. The van der Waals surface area contributed by atoms with E-state index in [-0.39, 0.29) is 12.5 Å². The monoisotopic (exact) mass is 462 g/mol. The van der Waals surface area contributed by atoms with Crippen LogP contribution >= 0.6 is 22.9 Å². The Morgan fingerprint density at radius 2 is 1.69 bits per heavy atom. The smallest absolute Gasteiger partial charge is 0.262 e. The lowest BCUT2D eigenvalue weighted by molar-refractivity contribution is -0.118. The minimum atomic E-state index is -0.224. The lowest BCUT2D eigenvalue weighted by Crippen LogP contribution is -2.20. The Labute approximate surface area is 196 Å². The highest BCUT2D eigenvalue weighted by Crippen LogP contribution is 2.31. The van der Waals surface area contributed by atoms with E-state index in [1.807, 2.05) is 62.4 Å². The minimum Gasteiger partial charge on any atom is -0.484 e. The van der Waals surface area contributed by atoms with Crippen LogP contribution in [-0.4, -0.2) is 17.5 Å². The van der Waals surface area contributed by atoms with Gasteiger partial charge in [-0.1, -0.05) is 48.0 Å². The van der Waals surface area contributed by atoms with Gasteiger partial charge in [0.05, 0.1) is 5.69 Å². The molecular formula is C26H23ClN2O2S. The van der Waals surface area contributed by atoms with Crippen molar-refractivity contribution in [2.45, 2.75) is 20.8 Å². The van der Waals surface area contributed by atoms with Gasteiger partial charge in [0.25, 0.3) is 5.91 Å². The van der Waals surface area contributed by atoms with Crippen LogP contribution in [0.5, 0.6) is 5.75 Å². The lowest BCUT2D eigenvalue weighted by atomic mass is 10.1. The van der Waals surface area contributed by atoms with E-state index in [2.05, 4.69) is 29.8 Å². The van der Waals surface area contributed by atoms with E-state index in [1.165, 1.54) is 5.56 Å². The highest BCUT2D eigenvalue weighted by atomic mass is 35.5. The average Bonchev–Trinajstić information content (AvgIpc) is 3.27. The van der Waals surface area contributed by atoms with Crippen molar-refractivity contribution in [3.05, 3.63) is 87.8 Å². The number of benzene rings is 3. The highest BCUT2D eigenvalue weighted by Gasteiger charge is 2.10. The Kier molecular flexibility index (Phi) is 6.58. The molecule has 1 N–H and O–H groups in total. The predicted octanol–water partition coefficient (Wildman–Crippen LogP) is 7.07. The molecule has 0 spiro atoms. The summed E-state index contributed by atoms with van der Waals surface area (Å²) in [7, 11) is 0. The molecule has 4 rings (SSSR count). The van der Waals surface area contributed by atoms with Crippen molar-refractivity contribution in [1.82, 2.24) is 4.98 Å². The third-order valence-electron chi connectivity index (χ3n) is 5.12. The number of anilines is 1. The van der Waals surface area contributed by atoms with E-state index in [0.717, 1.165) is 33.0 Å². The standard InChI is InChI=1S/C26H23ClN2O2S/c1-16-6-4-5-7-22(16)26-29-23(15-32-26)19-8-10-20(11-9-19)28-24(30)14-31-21-12-17(2)25(27)18(3)13-21/h4-13,15H,14H2,1-3H3,(H,28,30). The largest absolute Gasteiger partial charge is 0.484 e. The van der Waals surface area contributed by atoms with Gasteiger partial charge in [-0.05, 0) is 61.7 Å². The summed E-state index contributed by atoms with van der Waals surface area (Å²) < 4.78 is 5.62. The van der Waals surface area contributed by atoms with Gasteiger partial charge in [-0.15, -0.1) is 11.3 Å². The zero-order valence-electron chi connectivity index (χ0n) is 18.1. The summed E-state index contributed by atoms with van der Waals surface area (Å²) in [6.45, 7) is 5.84. The number of amides is 1. The van der Waals surface area contributed by atoms with E-state index in [9.17, 15) is 4.79 Å². The molecule has 0 aliphatic heterocycles. The van der Waals surface area contributed by atoms with Crippen LogP contribution in [0.25, 0.3) is 21.8 Å². The van der Waals surface area contributed by atoms with E-state index >= 15 is 0 Å². The normalized spacial score (nSPS) is 10.8. The molecule has 0 bridgehead atoms. The van der Waals surface area contributed by atoms with E-state index in [0.29, 0.717) is 16.5 Å².